The van der Waals surface area contributed by atoms with Crippen LogP contribution in [0.4, 0.5) is 0 Å². The first-order valence-electron chi connectivity index (χ1n) is 4.29. The van der Waals surface area contributed by atoms with Gasteiger partial charge in [-0.2, -0.15) is 0 Å². The predicted molar refractivity (Wildman–Crippen MR) is 59.4 cm³/mol. The summed E-state index contributed by atoms with van der Waals surface area (Å²) in [5, 5.41) is 2.55. The Morgan fingerprint density at radius 2 is 1.80 bits per heavy atom. The van der Waals surface area contributed by atoms with E-state index in [1.165, 1.54) is 14.2 Å². The molecule has 4 nitrogen and oxygen atoms in total. The van der Waals surface area contributed by atoms with Crippen LogP contribution in [0.25, 0.3) is 0 Å². The van der Waals surface area contributed by atoms with Crippen molar-refractivity contribution in [2.45, 2.75) is 6.41 Å². The SMILES string of the molecule is COC(NC(=O)c1ccc(Br)cc1)OC. The maximum atomic E-state index is 11.6. The van der Waals surface area contributed by atoms with Crippen LogP contribution >= 0.6 is 15.9 Å². The van der Waals surface area contributed by atoms with Crippen LogP contribution in [0.5, 0.6) is 0 Å². The number of hydrogen-bond acceptors (Lipinski definition) is 3. The second-order valence-electron chi connectivity index (χ2n) is 2.78. The van der Waals surface area contributed by atoms with Crippen LogP contribution in [-0.2, 0) is 9.47 Å². The topological polar surface area (TPSA) is 47.6 Å². The van der Waals surface area contributed by atoms with Gasteiger partial charge < -0.3 is 14.8 Å². The molecule has 0 unspecified atom stereocenters. The zero-order chi connectivity index (χ0) is 11.3. The Hall–Kier alpha value is -0.910. The number of halogens is 1. The van der Waals surface area contributed by atoms with Crippen molar-refractivity contribution in [3.63, 3.8) is 0 Å². The molecule has 0 heterocycles. The second kappa shape index (κ2) is 5.85. The average molecular weight is 274 g/mol. The van der Waals surface area contributed by atoms with Crippen molar-refractivity contribution < 1.29 is 14.3 Å². The van der Waals surface area contributed by atoms with Crippen molar-refractivity contribution in [1.82, 2.24) is 5.32 Å². The molecule has 1 aromatic rings. The molecule has 1 amide bonds. The summed E-state index contributed by atoms with van der Waals surface area (Å²) in [7, 11) is 2.91. The molecule has 0 bridgehead atoms. The lowest BCUT2D eigenvalue weighted by molar-refractivity contribution is -0.115. The summed E-state index contributed by atoms with van der Waals surface area (Å²) in [6, 6.07) is 7.01. The van der Waals surface area contributed by atoms with Crippen molar-refractivity contribution in [2.75, 3.05) is 14.2 Å². The van der Waals surface area contributed by atoms with Gasteiger partial charge in [0.2, 0.25) is 6.41 Å². The molecule has 0 spiro atoms. The van der Waals surface area contributed by atoms with E-state index >= 15 is 0 Å². The molecule has 82 valence electrons. The summed E-state index contributed by atoms with van der Waals surface area (Å²) in [5.41, 5.74) is 0.553. The number of carbonyl (C=O) groups excluding carboxylic acids is 1. The minimum absolute atomic E-state index is 0.240. The zero-order valence-electron chi connectivity index (χ0n) is 8.49. The highest BCUT2D eigenvalue weighted by Gasteiger charge is 2.11. The molecule has 1 aromatic carbocycles. The number of carbonyl (C=O) groups is 1. The average Bonchev–Trinajstić information content (AvgIpc) is 2.26. The number of amides is 1. The van der Waals surface area contributed by atoms with Crippen LogP contribution in [0.15, 0.2) is 28.7 Å². The maximum absolute atomic E-state index is 11.6. The molecule has 0 aliphatic carbocycles. The molecule has 0 aliphatic rings. The minimum Gasteiger partial charge on any atom is -0.339 e. The van der Waals surface area contributed by atoms with Gasteiger partial charge in [0.25, 0.3) is 5.91 Å². The van der Waals surface area contributed by atoms with E-state index in [0.29, 0.717) is 5.56 Å². The third-order valence-corrected chi connectivity index (χ3v) is 2.31. The van der Waals surface area contributed by atoms with Crippen LogP contribution in [-0.4, -0.2) is 26.5 Å². The predicted octanol–water partition coefficient (Wildman–Crippen LogP) is 1.76. The lowest BCUT2D eigenvalue weighted by Crippen LogP contribution is -2.37. The zero-order valence-corrected chi connectivity index (χ0v) is 10.1. The molecule has 0 aromatic heterocycles. The van der Waals surface area contributed by atoms with Crippen LogP contribution < -0.4 is 5.32 Å². The molecule has 0 fully saturated rings. The maximum Gasteiger partial charge on any atom is 0.255 e. The lowest BCUT2D eigenvalue weighted by atomic mass is 10.2. The molecular weight excluding hydrogens is 262 g/mol. The standard InChI is InChI=1S/C10H12BrNO3/c1-14-10(15-2)12-9(13)7-3-5-8(11)6-4-7/h3-6,10H,1-2H3,(H,12,13). The molecule has 0 saturated heterocycles. The highest BCUT2D eigenvalue weighted by molar-refractivity contribution is 9.10. The molecule has 0 saturated carbocycles. The fourth-order valence-electron chi connectivity index (χ4n) is 1.01. The van der Waals surface area contributed by atoms with Gasteiger partial charge in [-0.3, -0.25) is 4.79 Å². The molecule has 5 heteroatoms. The number of methoxy groups -OCH3 is 2. The normalized spacial score (nSPS) is 10.4. The minimum atomic E-state index is -0.721. The van der Waals surface area contributed by atoms with Gasteiger partial charge in [-0.05, 0) is 24.3 Å². The van der Waals surface area contributed by atoms with Gasteiger partial charge >= 0.3 is 0 Å². The number of benzene rings is 1. The smallest absolute Gasteiger partial charge is 0.255 e. The number of hydrogen-bond donors (Lipinski definition) is 1. The Balaban J connectivity index is 2.64. The summed E-state index contributed by atoms with van der Waals surface area (Å²) in [6.07, 6.45) is -0.721. The third-order valence-electron chi connectivity index (χ3n) is 1.78. The van der Waals surface area contributed by atoms with Gasteiger partial charge in [-0.25, -0.2) is 0 Å². The van der Waals surface area contributed by atoms with E-state index in [-0.39, 0.29) is 5.91 Å². The van der Waals surface area contributed by atoms with E-state index in [0.717, 1.165) is 4.47 Å². The fourth-order valence-corrected chi connectivity index (χ4v) is 1.27. The van der Waals surface area contributed by atoms with Gasteiger partial charge in [-0.15, -0.1) is 0 Å². The van der Waals surface area contributed by atoms with Crippen molar-refractivity contribution in [3.8, 4) is 0 Å². The first-order chi connectivity index (χ1) is 7.17. The summed E-state index contributed by atoms with van der Waals surface area (Å²) in [5.74, 6) is -0.240. The van der Waals surface area contributed by atoms with E-state index in [2.05, 4.69) is 21.2 Å². The monoisotopic (exact) mass is 273 g/mol. The van der Waals surface area contributed by atoms with E-state index in [4.69, 9.17) is 9.47 Å². The molecule has 1 N–H and O–H groups in total. The molecule has 0 atom stereocenters. The van der Waals surface area contributed by atoms with Gasteiger partial charge in [0.15, 0.2) is 0 Å². The first kappa shape index (κ1) is 12.2. The van der Waals surface area contributed by atoms with Crippen LogP contribution in [0.2, 0.25) is 0 Å². The van der Waals surface area contributed by atoms with Crippen LogP contribution in [0.3, 0.4) is 0 Å². The first-order valence-corrected chi connectivity index (χ1v) is 5.08. The Morgan fingerprint density at radius 3 is 2.27 bits per heavy atom. The molecule has 1 rings (SSSR count). The Bertz CT molecular complexity index is 322. The number of ether oxygens (including phenoxy) is 2. The fraction of sp³-hybridized carbons (Fsp3) is 0.300. The summed E-state index contributed by atoms with van der Waals surface area (Å²) >= 11 is 3.29. The largest absolute Gasteiger partial charge is 0.339 e. The second-order valence-corrected chi connectivity index (χ2v) is 3.70. The van der Waals surface area contributed by atoms with Crippen molar-refractivity contribution in [3.05, 3.63) is 34.3 Å². The van der Waals surface area contributed by atoms with Gasteiger partial charge in [0, 0.05) is 24.3 Å². The highest BCUT2D eigenvalue weighted by Crippen LogP contribution is 2.10. The van der Waals surface area contributed by atoms with Gasteiger partial charge in [0.1, 0.15) is 0 Å². The molecular formula is C10H12BrNO3. The third kappa shape index (κ3) is 3.62. The van der Waals surface area contributed by atoms with Crippen molar-refractivity contribution >= 4 is 21.8 Å². The molecule has 0 aliphatic heterocycles. The van der Waals surface area contributed by atoms with E-state index < -0.39 is 6.41 Å². The Labute approximate surface area is 96.7 Å². The van der Waals surface area contributed by atoms with E-state index in [9.17, 15) is 4.79 Å². The Morgan fingerprint density at radius 1 is 1.27 bits per heavy atom. The van der Waals surface area contributed by atoms with Crippen molar-refractivity contribution in [1.29, 1.82) is 0 Å². The molecule has 0 radical (unpaired) electrons. The summed E-state index contributed by atoms with van der Waals surface area (Å²) < 4.78 is 10.6. The van der Waals surface area contributed by atoms with Crippen LogP contribution in [0, 0.1) is 0 Å². The Kier molecular flexibility index (Phi) is 4.74. The molecule has 15 heavy (non-hydrogen) atoms. The summed E-state index contributed by atoms with van der Waals surface area (Å²) in [6.45, 7) is 0. The highest BCUT2D eigenvalue weighted by atomic mass is 79.9. The van der Waals surface area contributed by atoms with Gasteiger partial charge in [0.05, 0.1) is 0 Å². The summed E-state index contributed by atoms with van der Waals surface area (Å²) in [4.78, 5) is 11.6. The number of rotatable bonds is 4. The van der Waals surface area contributed by atoms with E-state index in [1.807, 2.05) is 0 Å². The number of nitrogens with one attached hydrogen (secondary N) is 1. The lowest BCUT2D eigenvalue weighted by Gasteiger charge is -2.14. The van der Waals surface area contributed by atoms with Crippen molar-refractivity contribution in [2.24, 2.45) is 0 Å². The van der Waals surface area contributed by atoms with E-state index in [1.54, 1.807) is 24.3 Å². The van der Waals surface area contributed by atoms with Crippen LogP contribution in [0.1, 0.15) is 10.4 Å². The quantitative estimate of drug-likeness (QED) is 0.851. The van der Waals surface area contributed by atoms with Gasteiger partial charge in [-0.1, -0.05) is 15.9 Å².